The minimum absolute atomic E-state index is 0.163. The Morgan fingerprint density at radius 1 is 0.815 bits per heavy atom. The fourth-order valence-electron chi connectivity index (χ4n) is 4.62. The maximum Gasteiger partial charge on any atom is 0.131 e. The van der Waals surface area contributed by atoms with E-state index in [0.717, 1.165) is 25.2 Å². The van der Waals surface area contributed by atoms with Gasteiger partial charge in [0.05, 0.1) is 0 Å². The van der Waals surface area contributed by atoms with Crippen LogP contribution in [0.15, 0.2) is 78.9 Å². The fourth-order valence-corrected chi connectivity index (χ4v) is 4.62. The van der Waals surface area contributed by atoms with E-state index < -0.39 is 0 Å². The molecule has 3 aromatic carbocycles. The second-order valence-electron chi connectivity index (χ2n) is 7.69. The lowest BCUT2D eigenvalue weighted by Crippen LogP contribution is -2.71. The highest BCUT2D eigenvalue weighted by atomic mass is 19.1. The van der Waals surface area contributed by atoms with Gasteiger partial charge in [0.2, 0.25) is 0 Å². The second-order valence-corrected chi connectivity index (χ2v) is 7.69. The van der Waals surface area contributed by atoms with Crippen LogP contribution in [0.2, 0.25) is 0 Å². The van der Waals surface area contributed by atoms with E-state index in [0.29, 0.717) is 23.6 Å². The molecule has 3 atom stereocenters. The number of hydrogen-bond donors (Lipinski definition) is 1. The van der Waals surface area contributed by atoms with Crippen molar-refractivity contribution < 1.29 is 4.39 Å². The molecule has 3 fully saturated rings. The van der Waals surface area contributed by atoms with Gasteiger partial charge in [0.1, 0.15) is 5.82 Å². The maximum atomic E-state index is 14.0. The molecule has 0 amide bonds. The average molecular weight is 358 g/mol. The molecule has 0 saturated carbocycles. The lowest BCUT2D eigenvalue weighted by atomic mass is 9.74. The number of nitrogens with one attached hydrogen (secondary N) is 1. The maximum absolute atomic E-state index is 14.0. The molecule has 0 aromatic heterocycles. The predicted molar refractivity (Wildman–Crippen MR) is 107 cm³/mol. The Balaban J connectivity index is 1.28. The van der Waals surface area contributed by atoms with Crippen LogP contribution in [-0.4, -0.2) is 30.1 Å². The van der Waals surface area contributed by atoms with Gasteiger partial charge in [-0.1, -0.05) is 72.8 Å². The number of rotatable bonds is 4. The van der Waals surface area contributed by atoms with Crippen molar-refractivity contribution >= 4 is 0 Å². The van der Waals surface area contributed by atoms with Crippen molar-refractivity contribution in [3.8, 4) is 11.1 Å². The summed E-state index contributed by atoms with van der Waals surface area (Å²) in [6.45, 7) is 3.17. The SMILES string of the molecule is Fc1ccccc1-c1ccc(C2[C@@H]3CN(Cc4ccccc4)C[C@H]2N3)cc1. The summed E-state index contributed by atoms with van der Waals surface area (Å²) >= 11 is 0. The highest BCUT2D eigenvalue weighted by Gasteiger charge is 2.46. The monoisotopic (exact) mass is 358 g/mol. The Hall–Kier alpha value is -2.49. The van der Waals surface area contributed by atoms with Crippen LogP contribution in [-0.2, 0) is 6.54 Å². The molecular weight excluding hydrogens is 335 g/mol. The van der Waals surface area contributed by atoms with E-state index in [2.05, 4.69) is 64.8 Å². The van der Waals surface area contributed by atoms with E-state index in [-0.39, 0.29) is 5.82 Å². The standard InChI is InChI=1S/C24H23FN2/c25-21-9-5-4-8-20(21)18-10-12-19(13-11-18)24-22-15-27(16-23(24)26-22)14-17-6-2-1-3-7-17/h1-13,22-24,26H,14-16H2/t22-,23+,24?. The van der Waals surface area contributed by atoms with Crippen LogP contribution in [0.25, 0.3) is 11.1 Å². The summed E-state index contributed by atoms with van der Waals surface area (Å²) in [6, 6.07) is 27.2. The van der Waals surface area contributed by atoms with Crippen molar-refractivity contribution in [1.29, 1.82) is 0 Å². The molecule has 0 spiro atoms. The molecule has 0 aliphatic carbocycles. The first-order valence-electron chi connectivity index (χ1n) is 9.65. The van der Waals surface area contributed by atoms with Crippen molar-refractivity contribution in [2.45, 2.75) is 24.5 Å². The summed E-state index contributed by atoms with van der Waals surface area (Å²) in [5.41, 5.74) is 4.36. The van der Waals surface area contributed by atoms with Crippen molar-refractivity contribution in [2.75, 3.05) is 13.1 Å². The van der Waals surface area contributed by atoms with E-state index >= 15 is 0 Å². The smallest absolute Gasteiger partial charge is 0.131 e. The molecule has 6 rings (SSSR count). The van der Waals surface area contributed by atoms with Gasteiger partial charge < -0.3 is 5.32 Å². The molecule has 27 heavy (non-hydrogen) atoms. The first-order chi connectivity index (χ1) is 13.3. The van der Waals surface area contributed by atoms with Crippen LogP contribution in [0.5, 0.6) is 0 Å². The molecule has 136 valence electrons. The van der Waals surface area contributed by atoms with E-state index in [1.165, 1.54) is 17.2 Å². The second kappa shape index (κ2) is 6.91. The average Bonchev–Trinajstić information content (AvgIpc) is 2.70. The van der Waals surface area contributed by atoms with Gasteiger partial charge in [-0.3, -0.25) is 4.90 Å². The predicted octanol–water partition coefficient (Wildman–Crippen LogP) is 4.43. The van der Waals surface area contributed by atoms with Crippen molar-refractivity contribution in [3.63, 3.8) is 0 Å². The molecule has 3 saturated heterocycles. The molecule has 2 bridgehead atoms. The molecule has 3 aromatic rings. The first-order valence-corrected chi connectivity index (χ1v) is 9.65. The van der Waals surface area contributed by atoms with Crippen LogP contribution in [0.3, 0.4) is 0 Å². The number of piperazine rings is 1. The first kappa shape index (κ1) is 16.7. The summed E-state index contributed by atoms with van der Waals surface area (Å²) in [6.07, 6.45) is 0. The summed E-state index contributed by atoms with van der Waals surface area (Å²) in [5.74, 6) is 0.399. The van der Waals surface area contributed by atoms with Crippen LogP contribution >= 0.6 is 0 Å². The molecule has 3 aliphatic rings. The van der Waals surface area contributed by atoms with Crippen molar-refractivity contribution in [2.24, 2.45) is 0 Å². The normalized spacial score (nSPS) is 24.4. The Bertz CT molecular complexity index is 911. The zero-order valence-electron chi connectivity index (χ0n) is 15.2. The molecule has 2 nitrogen and oxygen atoms in total. The Morgan fingerprint density at radius 3 is 2.19 bits per heavy atom. The van der Waals surface area contributed by atoms with Crippen LogP contribution in [0, 0.1) is 5.82 Å². The van der Waals surface area contributed by atoms with Crippen molar-refractivity contribution in [1.82, 2.24) is 10.2 Å². The van der Waals surface area contributed by atoms with E-state index in [9.17, 15) is 4.39 Å². The van der Waals surface area contributed by atoms with Gasteiger partial charge in [-0.05, 0) is 22.8 Å². The van der Waals surface area contributed by atoms with Gasteiger partial charge >= 0.3 is 0 Å². The summed E-state index contributed by atoms with van der Waals surface area (Å²) in [4.78, 5) is 2.55. The zero-order valence-corrected chi connectivity index (χ0v) is 15.2. The Morgan fingerprint density at radius 2 is 1.48 bits per heavy atom. The summed E-state index contributed by atoms with van der Waals surface area (Å²) in [5, 5.41) is 3.70. The van der Waals surface area contributed by atoms with E-state index in [4.69, 9.17) is 0 Å². The number of benzene rings is 3. The van der Waals surface area contributed by atoms with E-state index in [1.807, 2.05) is 12.1 Å². The summed E-state index contributed by atoms with van der Waals surface area (Å²) in [7, 11) is 0. The van der Waals surface area contributed by atoms with Gasteiger partial charge in [0.25, 0.3) is 0 Å². The molecule has 1 unspecified atom stereocenters. The molecule has 1 N–H and O–H groups in total. The number of halogens is 1. The number of fused-ring (bicyclic) bond motifs is 2. The van der Waals surface area contributed by atoms with Gasteiger partial charge in [0.15, 0.2) is 0 Å². The molecule has 3 heterocycles. The number of nitrogens with zero attached hydrogens (tertiary/aromatic N) is 1. The third-order valence-corrected chi connectivity index (χ3v) is 5.93. The zero-order chi connectivity index (χ0) is 18.2. The topological polar surface area (TPSA) is 15.3 Å². The number of hydrogen-bond acceptors (Lipinski definition) is 2. The third-order valence-electron chi connectivity index (χ3n) is 5.93. The highest BCUT2D eigenvalue weighted by Crippen LogP contribution is 2.38. The van der Waals surface area contributed by atoms with Crippen molar-refractivity contribution in [3.05, 3.63) is 95.8 Å². The van der Waals surface area contributed by atoms with Crippen LogP contribution in [0.1, 0.15) is 17.0 Å². The summed E-state index contributed by atoms with van der Waals surface area (Å²) < 4.78 is 14.0. The van der Waals surface area contributed by atoms with Gasteiger partial charge in [0, 0.05) is 43.2 Å². The molecule has 0 radical (unpaired) electrons. The van der Waals surface area contributed by atoms with Crippen LogP contribution < -0.4 is 5.32 Å². The number of piperidine rings is 1. The molecule has 3 aliphatic heterocycles. The highest BCUT2D eigenvalue weighted by molar-refractivity contribution is 5.64. The quantitative estimate of drug-likeness (QED) is 0.742. The van der Waals surface area contributed by atoms with Crippen LogP contribution in [0.4, 0.5) is 4.39 Å². The van der Waals surface area contributed by atoms with E-state index in [1.54, 1.807) is 6.07 Å². The van der Waals surface area contributed by atoms with Gasteiger partial charge in [-0.25, -0.2) is 4.39 Å². The lowest BCUT2D eigenvalue weighted by Gasteiger charge is -2.55. The van der Waals surface area contributed by atoms with Gasteiger partial charge in [-0.15, -0.1) is 0 Å². The minimum atomic E-state index is -0.163. The third kappa shape index (κ3) is 3.18. The largest absolute Gasteiger partial charge is 0.307 e. The fraction of sp³-hybridized carbons (Fsp3) is 0.250. The Labute approximate surface area is 159 Å². The molecule has 3 heteroatoms. The Kier molecular flexibility index (Phi) is 4.27. The molecular formula is C24H23FN2. The lowest BCUT2D eigenvalue weighted by molar-refractivity contribution is 0.0471. The minimum Gasteiger partial charge on any atom is -0.307 e. The van der Waals surface area contributed by atoms with Gasteiger partial charge in [-0.2, -0.15) is 0 Å².